The fourth-order valence-electron chi connectivity index (χ4n) is 4.77. The van der Waals surface area contributed by atoms with Crippen LogP contribution in [0.15, 0.2) is 47.1 Å². The summed E-state index contributed by atoms with van der Waals surface area (Å²) in [4.78, 5) is 29.3. The summed E-state index contributed by atoms with van der Waals surface area (Å²) in [6.07, 6.45) is -1.54. The summed E-state index contributed by atoms with van der Waals surface area (Å²) in [5.41, 5.74) is -0.494. The molecule has 0 N–H and O–H groups in total. The number of halogens is 3. The molecule has 0 atom stereocenters. The minimum atomic E-state index is -4.45. The first kappa shape index (κ1) is 22.2. The maximum absolute atomic E-state index is 13.1. The molecule has 11 heteroatoms. The Morgan fingerprint density at radius 3 is 2.47 bits per heavy atom. The Bertz CT molecular complexity index is 1220. The van der Waals surface area contributed by atoms with Crippen molar-refractivity contribution in [3.63, 3.8) is 0 Å². The summed E-state index contributed by atoms with van der Waals surface area (Å²) < 4.78 is 45.4. The number of likely N-dealkylation sites (tertiary alicyclic amines) is 1. The van der Waals surface area contributed by atoms with Crippen molar-refractivity contribution in [3.8, 4) is 0 Å². The smallest absolute Gasteiger partial charge is 0.361 e. The number of benzene rings is 1. The van der Waals surface area contributed by atoms with Gasteiger partial charge < -0.3 is 9.42 Å². The lowest BCUT2D eigenvalue weighted by molar-refractivity contribution is -0.137. The van der Waals surface area contributed by atoms with Crippen molar-refractivity contribution in [1.82, 2.24) is 19.8 Å². The first-order valence-electron chi connectivity index (χ1n) is 10.9. The quantitative estimate of drug-likeness (QED) is 0.578. The van der Waals surface area contributed by atoms with E-state index < -0.39 is 17.3 Å². The van der Waals surface area contributed by atoms with Crippen molar-refractivity contribution < 1.29 is 27.3 Å². The molecule has 4 heterocycles. The van der Waals surface area contributed by atoms with Crippen molar-refractivity contribution >= 4 is 17.6 Å². The summed E-state index contributed by atoms with van der Waals surface area (Å²) in [6.45, 7) is 2.80. The second-order valence-corrected chi connectivity index (χ2v) is 8.78. The Morgan fingerprint density at radius 2 is 1.85 bits per heavy atom. The fourth-order valence-corrected chi connectivity index (χ4v) is 4.77. The monoisotopic (exact) mass is 473 g/mol. The minimum absolute atomic E-state index is 0.0591. The summed E-state index contributed by atoms with van der Waals surface area (Å²) in [5.74, 6) is 0.944. The van der Waals surface area contributed by atoms with E-state index in [9.17, 15) is 22.8 Å². The number of carbonyl (C=O) groups excluding carboxylic acids is 2. The highest BCUT2D eigenvalue weighted by molar-refractivity contribution is 5.95. The van der Waals surface area contributed by atoms with E-state index in [1.54, 1.807) is 35.1 Å². The Labute approximate surface area is 192 Å². The summed E-state index contributed by atoms with van der Waals surface area (Å²) in [6, 6.07) is 7.80. The molecule has 0 aliphatic carbocycles. The molecule has 1 fully saturated rings. The summed E-state index contributed by atoms with van der Waals surface area (Å²) in [5, 5.41) is 8.47. The van der Waals surface area contributed by atoms with Crippen LogP contribution in [-0.4, -0.2) is 44.7 Å². The first-order chi connectivity index (χ1) is 16.2. The third-order valence-corrected chi connectivity index (χ3v) is 6.57. The first-order valence-corrected chi connectivity index (χ1v) is 10.9. The SMILES string of the molecule is Cc1cc(CN2C(=O)CC3(CCN(C(=O)c4ccc(C(F)(F)F)cc4)CC3)n3nccc32)no1. The lowest BCUT2D eigenvalue weighted by atomic mass is 9.82. The lowest BCUT2D eigenvalue weighted by Gasteiger charge is -2.46. The molecule has 1 spiro atoms. The maximum Gasteiger partial charge on any atom is 0.416 e. The Balaban J connectivity index is 1.31. The van der Waals surface area contributed by atoms with Crippen molar-refractivity contribution in [2.24, 2.45) is 0 Å². The molecule has 0 radical (unpaired) electrons. The Kier molecular flexibility index (Phi) is 5.22. The Morgan fingerprint density at radius 1 is 1.15 bits per heavy atom. The topological polar surface area (TPSA) is 84.5 Å². The maximum atomic E-state index is 13.1. The van der Waals surface area contributed by atoms with E-state index in [-0.39, 0.29) is 30.3 Å². The number of nitrogens with zero attached hydrogens (tertiary/aromatic N) is 5. The number of anilines is 1. The van der Waals surface area contributed by atoms with Gasteiger partial charge in [-0.25, -0.2) is 4.68 Å². The third-order valence-electron chi connectivity index (χ3n) is 6.57. The minimum Gasteiger partial charge on any atom is -0.361 e. The number of carbonyl (C=O) groups is 2. The van der Waals surface area contributed by atoms with Gasteiger partial charge in [0.25, 0.3) is 5.91 Å². The van der Waals surface area contributed by atoms with E-state index in [0.717, 1.165) is 12.1 Å². The number of amides is 2. The highest BCUT2D eigenvalue weighted by atomic mass is 19.4. The number of rotatable bonds is 3. The highest BCUT2D eigenvalue weighted by Gasteiger charge is 2.46. The van der Waals surface area contributed by atoms with Crippen LogP contribution >= 0.6 is 0 Å². The molecule has 178 valence electrons. The van der Waals surface area contributed by atoms with Crippen LogP contribution in [0.2, 0.25) is 0 Å². The van der Waals surface area contributed by atoms with E-state index in [1.807, 2.05) is 4.68 Å². The lowest BCUT2D eigenvalue weighted by Crippen LogP contribution is -2.54. The predicted octanol–water partition coefficient (Wildman–Crippen LogP) is 3.77. The normalized spacial score (nSPS) is 17.8. The van der Waals surface area contributed by atoms with Gasteiger partial charge in [0.2, 0.25) is 5.91 Å². The molecular formula is C23H22F3N5O3. The molecule has 5 rings (SSSR count). The number of hydrogen-bond acceptors (Lipinski definition) is 5. The molecular weight excluding hydrogens is 451 g/mol. The number of fused-ring (bicyclic) bond motifs is 2. The zero-order valence-corrected chi connectivity index (χ0v) is 18.4. The zero-order chi connectivity index (χ0) is 24.1. The largest absolute Gasteiger partial charge is 0.416 e. The van der Waals surface area contributed by atoms with Crippen LogP contribution < -0.4 is 4.90 Å². The number of hydrogen-bond donors (Lipinski definition) is 0. The fraction of sp³-hybridized carbons (Fsp3) is 0.391. The average Bonchev–Trinajstić information content (AvgIpc) is 3.46. The zero-order valence-electron chi connectivity index (χ0n) is 18.4. The van der Waals surface area contributed by atoms with Gasteiger partial charge in [0.15, 0.2) is 0 Å². The van der Waals surface area contributed by atoms with Crippen molar-refractivity contribution in [1.29, 1.82) is 0 Å². The molecule has 0 bridgehead atoms. The van der Waals surface area contributed by atoms with E-state index in [0.29, 0.717) is 43.2 Å². The van der Waals surface area contributed by atoms with Crippen LogP contribution in [0.1, 0.15) is 46.6 Å². The molecule has 1 saturated heterocycles. The van der Waals surface area contributed by atoms with Crippen LogP contribution in [0, 0.1) is 6.92 Å². The van der Waals surface area contributed by atoms with E-state index in [2.05, 4.69) is 10.3 Å². The standard InChI is InChI=1S/C23H22F3N5O3/c1-15-12-18(28-34-15)14-30-19-6-9-27-31(19)22(13-20(30)32)7-10-29(11-8-22)21(33)16-2-4-17(5-3-16)23(24,25)26/h2-6,9,12H,7-8,10-11,13-14H2,1H3. The number of aromatic nitrogens is 3. The van der Waals surface area contributed by atoms with Crippen molar-refractivity contribution in [3.05, 3.63) is 65.2 Å². The van der Waals surface area contributed by atoms with Gasteiger partial charge in [-0.15, -0.1) is 0 Å². The molecule has 0 saturated carbocycles. The van der Waals surface area contributed by atoms with Gasteiger partial charge in [-0.3, -0.25) is 14.5 Å². The van der Waals surface area contributed by atoms with Gasteiger partial charge in [0, 0.05) is 30.8 Å². The van der Waals surface area contributed by atoms with Crippen LogP contribution in [-0.2, 0) is 23.1 Å². The molecule has 3 aromatic rings. The number of aryl methyl sites for hydroxylation is 1. The highest BCUT2D eigenvalue weighted by Crippen LogP contribution is 2.41. The number of piperidine rings is 1. The van der Waals surface area contributed by atoms with Crippen LogP contribution in [0.5, 0.6) is 0 Å². The second kappa shape index (κ2) is 8.00. The van der Waals surface area contributed by atoms with Gasteiger partial charge in [0.1, 0.15) is 17.3 Å². The molecule has 2 aliphatic rings. The van der Waals surface area contributed by atoms with Gasteiger partial charge in [-0.05, 0) is 44.0 Å². The average molecular weight is 473 g/mol. The molecule has 8 nitrogen and oxygen atoms in total. The van der Waals surface area contributed by atoms with E-state index in [4.69, 9.17) is 4.52 Å². The van der Waals surface area contributed by atoms with Crippen LogP contribution in [0.3, 0.4) is 0 Å². The van der Waals surface area contributed by atoms with Gasteiger partial charge >= 0.3 is 6.18 Å². The van der Waals surface area contributed by atoms with E-state index >= 15 is 0 Å². The van der Waals surface area contributed by atoms with Crippen LogP contribution in [0.25, 0.3) is 0 Å². The van der Waals surface area contributed by atoms with Crippen molar-refractivity contribution in [2.75, 3.05) is 18.0 Å². The molecule has 2 amide bonds. The van der Waals surface area contributed by atoms with Gasteiger partial charge in [0.05, 0.1) is 30.3 Å². The second-order valence-electron chi connectivity index (χ2n) is 8.78. The van der Waals surface area contributed by atoms with Crippen LogP contribution in [0.4, 0.5) is 19.0 Å². The Hall–Kier alpha value is -3.63. The van der Waals surface area contributed by atoms with Crippen molar-refractivity contribution in [2.45, 2.75) is 44.4 Å². The molecule has 2 aliphatic heterocycles. The summed E-state index contributed by atoms with van der Waals surface area (Å²) >= 11 is 0. The molecule has 1 aromatic carbocycles. The van der Waals surface area contributed by atoms with Gasteiger partial charge in [-0.1, -0.05) is 5.16 Å². The number of alkyl halides is 3. The van der Waals surface area contributed by atoms with Gasteiger partial charge in [-0.2, -0.15) is 18.3 Å². The van der Waals surface area contributed by atoms with E-state index in [1.165, 1.54) is 12.1 Å². The summed E-state index contributed by atoms with van der Waals surface area (Å²) in [7, 11) is 0. The third kappa shape index (κ3) is 3.84. The molecule has 0 unspecified atom stereocenters. The predicted molar refractivity (Wildman–Crippen MR) is 114 cm³/mol. The molecule has 34 heavy (non-hydrogen) atoms. The molecule has 2 aromatic heterocycles.